The molecular formula is C15H21ClO. The van der Waals surface area contributed by atoms with E-state index in [1.165, 1.54) is 17.5 Å². The van der Waals surface area contributed by atoms with Gasteiger partial charge in [-0.05, 0) is 37.3 Å². The van der Waals surface area contributed by atoms with Gasteiger partial charge in [-0.2, -0.15) is 0 Å². The molecule has 1 aromatic carbocycles. The second-order valence-corrected chi connectivity index (χ2v) is 5.56. The van der Waals surface area contributed by atoms with Crippen molar-refractivity contribution >= 4 is 11.6 Å². The van der Waals surface area contributed by atoms with Crippen LogP contribution in [0.1, 0.15) is 49.6 Å². The Balaban J connectivity index is 2.11. The summed E-state index contributed by atoms with van der Waals surface area (Å²) in [6.45, 7) is 5.16. The van der Waals surface area contributed by atoms with E-state index in [9.17, 15) is 0 Å². The van der Waals surface area contributed by atoms with Crippen molar-refractivity contribution in [2.75, 3.05) is 6.61 Å². The van der Waals surface area contributed by atoms with Gasteiger partial charge >= 0.3 is 0 Å². The van der Waals surface area contributed by atoms with Crippen LogP contribution in [0, 0.1) is 0 Å². The summed E-state index contributed by atoms with van der Waals surface area (Å²) in [6.07, 6.45) is 4.50. The lowest BCUT2D eigenvalue weighted by molar-refractivity contribution is 0.0164. The predicted molar refractivity (Wildman–Crippen MR) is 72.6 cm³/mol. The fourth-order valence-corrected chi connectivity index (χ4v) is 2.81. The van der Waals surface area contributed by atoms with Gasteiger partial charge in [-0.3, -0.25) is 0 Å². The molecule has 2 rings (SSSR count). The van der Waals surface area contributed by atoms with E-state index in [1.54, 1.807) is 0 Å². The van der Waals surface area contributed by atoms with Gasteiger partial charge in [0.2, 0.25) is 0 Å². The van der Waals surface area contributed by atoms with E-state index in [4.69, 9.17) is 16.3 Å². The summed E-state index contributed by atoms with van der Waals surface area (Å²) >= 11 is 6.56. The summed E-state index contributed by atoms with van der Waals surface area (Å²) in [5, 5.41) is -0.0410. The SMILES string of the molecule is CCCc1ccc(C(Cl)C2(C)CCCO2)cc1. The van der Waals surface area contributed by atoms with Gasteiger partial charge in [-0.1, -0.05) is 37.6 Å². The molecule has 0 bridgehead atoms. The van der Waals surface area contributed by atoms with Crippen LogP contribution in [0.2, 0.25) is 0 Å². The van der Waals surface area contributed by atoms with Gasteiger partial charge in [-0.25, -0.2) is 0 Å². The summed E-state index contributed by atoms with van der Waals surface area (Å²) in [6, 6.07) is 8.67. The van der Waals surface area contributed by atoms with Gasteiger partial charge in [0.05, 0.1) is 11.0 Å². The first kappa shape index (κ1) is 12.9. The van der Waals surface area contributed by atoms with Crippen molar-refractivity contribution in [1.82, 2.24) is 0 Å². The Morgan fingerprint density at radius 3 is 2.59 bits per heavy atom. The van der Waals surface area contributed by atoms with E-state index < -0.39 is 0 Å². The number of benzene rings is 1. The molecule has 17 heavy (non-hydrogen) atoms. The Morgan fingerprint density at radius 2 is 2.06 bits per heavy atom. The van der Waals surface area contributed by atoms with Crippen LogP contribution in [0.4, 0.5) is 0 Å². The van der Waals surface area contributed by atoms with Gasteiger partial charge in [0.1, 0.15) is 0 Å². The first-order valence-corrected chi connectivity index (χ1v) is 6.96. The molecule has 0 saturated carbocycles. The van der Waals surface area contributed by atoms with Crippen LogP contribution in [0.25, 0.3) is 0 Å². The molecule has 0 N–H and O–H groups in total. The Kier molecular flexibility index (Phi) is 4.11. The van der Waals surface area contributed by atoms with Gasteiger partial charge in [0.15, 0.2) is 0 Å². The van der Waals surface area contributed by atoms with Crippen molar-refractivity contribution in [2.24, 2.45) is 0 Å². The van der Waals surface area contributed by atoms with E-state index in [1.807, 2.05) is 0 Å². The third-order valence-electron chi connectivity index (χ3n) is 3.60. The molecule has 2 unspecified atom stereocenters. The van der Waals surface area contributed by atoms with Crippen LogP contribution < -0.4 is 0 Å². The van der Waals surface area contributed by atoms with Gasteiger partial charge in [0.25, 0.3) is 0 Å². The van der Waals surface area contributed by atoms with Crippen LogP contribution in [0.5, 0.6) is 0 Å². The second-order valence-electron chi connectivity index (χ2n) is 5.12. The second kappa shape index (κ2) is 5.41. The van der Waals surface area contributed by atoms with E-state index >= 15 is 0 Å². The zero-order chi connectivity index (χ0) is 12.3. The smallest absolute Gasteiger partial charge is 0.0872 e. The summed E-state index contributed by atoms with van der Waals surface area (Å²) in [5.74, 6) is 0. The van der Waals surface area contributed by atoms with E-state index in [-0.39, 0.29) is 11.0 Å². The molecule has 0 spiro atoms. The standard InChI is InChI=1S/C15H21ClO/c1-3-5-12-6-8-13(9-7-12)14(16)15(2)10-4-11-17-15/h6-9,14H,3-5,10-11H2,1-2H3. The molecule has 1 aliphatic rings. The molecule has 0 aliphatic carbocycles. The highest BCUT2D eigenvalue weighted by Gasteiger charge is 2.38. The average Bonchev–Trinajstić information content (AvgIpc) is 2.78. The Hall–Kier alpha value is -0.530. The van der Waals surface area contributed by atoms with Crippen LogP contribution in [-0.4, -0.2) is 12.2 Å². The first-order valence-electron chi connectivity index (χ1n) is 6.52. The fraction of sp³-hybridized carbons (Fsp3) is 0.600. The van der Waals surface area contributed by atoms with Crippen molar-refractivity contribution in [1.29, 1.82) is 0 Å². The van der Waals surface area contributed by atoms with Gasteiger partial charge in [0, 0.05) is 6.61 Å². The van der Waals surface area contributed by atoms with Gasteiger partial charge < -0.3 is 4.74 Å². The monoisotopic (exact) mass is 252 g/mol. The summed E-state index contributed by atoms with van der Waals surface area (Å²) < 4.78 is 5.80. The van der Waals surface area contributed by atoms with Crippen molar-refractivity contribution < 1.29 is 4.74 Å². The highest BCUT2D eigenvalue weighted by molar-refractivity contribution is 6.21. The van der Waals surface area contributed by atoms with Crippen LogP contribution in [0.15, 0.2) is 24.3 Å². The van der Waals surface area contributed by atoms with Crippen molar-refractivity contribution in [3.63, 3.8) is 0 Å². The number of alkyl halides is 1. The molecule has 94 valence electrons. The third kappa shape index (κ3) is 2.83. The molecule has 1 nitrogen and oxygen atoms in total. The average molecular weight is 253 g/mol. The fourth-order valence-electron chi connectivity index (χ4n) is 2.50. The lowest BCUT2D eigenvalue weighted by Crippen LogP contribution is -2.28. The highest BCUT2D eigenvalue weighted by atomic mass is 35.5. The Bertz CT molecular complexity index is 352. The first-order chi connectivity index (χ1) is 8.15. The summed E-state index contributed by atoms with van der Waals surface area (Å²) in [7, 11) is 0. The van der Waals surface area contributed by atoms with Crippen LogP contribution >= 0.6 is 11.6 Å². The molecule has 1 heterocycles. The predicted octanol–water partition coefficient (Wildman–Crippen LogP) is 4.49. The third-order valence-corrected chi connectivity index (χ3v) is 4.31. The molecule has 1 saturated heterocycles. The molecule has 1 aliphatic heterocycles. The van der Waals surface area contributed by atoms with Crippen molar-refractivity contribution in [3.8, 4) is 0 Å². The maximum Gasteiger partial charge on any atom is 0.0872 e. The molecule has 0 amide bonds. The zero-order valence-electron chi connectivity index (χ0n) is 10.7. The molecule has 2 atom stereocenters. The number of ether oxygens (including phenoxy) is 1. The lowest BCUT2D eigenvalue weighted by Gasteiger charge is -2.29. The minimum absolute atomic E-state index is 0.0410. The van der Waals surface area contributed by atoms with Crippen molar-refractivity contribution in [2.45, 2.75) is 50.5 Å². The number of aryl methyl sites for hydroxylation is 1. The van der Waals surface area contributed by atoms with E-state index in [2.05, 4.69) is 38.1 Å². The minimum Gasteiger partial charge on any atom is -0.373 e. The Labute approximate surface area is 109 Å². The largest absolute Gasteiger partial charge is 0.373 e. The Morgan fingerprint density at radius 1 is 1.35 bits per heavy atom. The molecule has 0 radical (unpaired) electrons. The van der Waals surface area contributed by atoms with Crippen LogP contribution in [-0.2, 0) is 11.2 Å². The highest BCUT2D eigenvalue weighted by Crippen LogP contribution is 2.41. The zero-order valence-corrected chi connectivity index (χ0v) is 11.5. The molecule has 1 fully saturated rings. The van der Waals surface area contributed by atoms with E-state index in [0.29, 0.717) is 0 Å². The normalized spacial score (nSPS) is 26.1. The molecule has 1 aromatic rings. The van der Waals surface area contributed by atoms with Crippen LogP contribution in [0.3, 0.4) is 0 Å². The maximum atomic E-state index is 6.56. The number of hydrogen-bond donors (Lipinski definition) is 0. The molecule has 2 heteroatoms. The molecule has 0 aromatic heterocycles. The number of halogens is 1. The van der Waals surface area contributed by atoms with Crippen molar-refractivity contribution in [3.05, 3.63) is 35.4 Å². The number of hydrogen-bond acceptors (Lipinski definition) is 1. The summed E-state index contributed by atoms with van der Waals surface area (Å²) in [5.41, 5.74) is 2.38. The lowest BCUT2D eigenvalue weighted by atomic mass is 9.92. The topological polar surface area (TPSA) is 9.23 Å². The maximum absolute atomic E-state index is 6.56. The summed E-state index contributed by atoms with van der Waals surface area (Å²) in [4.78, 5) is 0. The number of rotatable bonds is 4. The van der Waals surface area contributed by atoms with Gasteiger partial charge in [-0.15, -0.1) is 11.6 Å². The minimum atomic E-state index is -0.187. The quantitative estimate of drug-likeness (QED) is 0.718. The molecular weight excluding hydrogens is 232 g/mol. The van der Waals surface area contributed by atoms with E-state index in [0.717, 1.165) is 25.9 Å².